The molecule has 0 atom stereocenters. The van der Waals surface area contributed by atoms with Gasteiger partial charge >= 0.3 is 5.69 Å². The molecule has 33 heavy (non-hydrogen) atoms. The second-order valence-electron chi connectivity index (χ2n) is 7.61. The van der Waals surface area contributed by atoms with Crippen LogP contribution in [-0.4, -0.2) is 34.4 Å². The van der Waals surface area contributed by atoms with E-state index < -0.39 is 17.2 Å². The lowest BCUT2D eigenvalue weighted by atomic mass is 10.2. The number of aromatic amines is 1. The molecule has 1 aromatic heterocycles. The Kier molecular flexibility index (Phi) is 8.51. The van der Waals surface area contributed by atoms with Crippen LogP contribution in [0.1, 0.15) is 29.8 Å². The average molecular weight is 469 g/mol. The van der Waals surface area contributed by atoms with Crippen LogP contribution in [0.3, 0.4) is 0 Å². The van der Waals surface area contributed by atoms with Gasteiger partial charge in [0, 0.05) is 29.4 Å². The van der Waals surface area contributed by atoms with E-state index in [2.05, 4.69) is 29.5 Å². The molecule has 0 saturated carbocycles. The third-order valence-corrected chi connectivity index (χ3v) is 5.77. The normalized spacial score (nSPS) is 10.9. The summed E-state index contributed by atoms with van der Waals surface area (Å²) in [6, 6.07) is 16.7. The predicted octanol–water partition coefficient (Wildman–Crippen LogP) is 3.55. The Hall–Kier alpha value is -3.30. The zero-order valence-electron chi connectivity index (χ0n) is 18.9. The van der Waals surface area contributed by atoms with E-state index >= 15 is 0 Å². The van der Waals surface area contributed by atoms with Crippen molar-refractivity contribution in [3.63, 3.8) is 0 Å². The zero-order valence-corrected chi connectivity index (χ0v) is 19.7. The van der Waals surface area contributed by atoms with Gasteiger partial charge in [-0.1, -0.05) is 44.2 Å². The molecule has 3 aromatic rings. The molecule has 0 fully saturated rings. The van der Waals surface area contributed by atoms with Crippen molar-refractivity contribution in [3.8, 4) is 0 Å². The first kappa shape index (κ1) is 24.3. The Labute approximate surface area is 196 Å². The highest BCUT2D eigenvalue weighted by Gasteiger charge is 2.18. The van der Waals surface area contributed by atoms with Crippen molar-refractivity contribution in [1.82, 2.24) is 9.55 Å². The molecule has 3 N–H and O–H groups in total. The van der Waals surface area contributed by atoms with E-state index in [4.69, 9.17) is 4.74 Å². The van der Waals surface area contributed by atoms with E-state index in [0.29, 0.717) is 17.4 Å². The van der Waals surface area contributed by atoms with Crippen molar-refractivity contribution in [2.75, 3.05) is 24.4 Å². The lowest BCUT2D eigenvalue weighted by Crippen LogP contribution is -2.36. The average Bonchev–Trinajstić information content (AvgIpc) is 2.79. The Morgan fingerprint density at radius 2 is 1.79 bits per heavy atom. The van der Waals surface area contributed by atoms with Gasteiger partial charge in [-0.15, -0.1) is 11.8 Å². The maximum Gasteiger partial charge on any atom is 0.330 e. The number of H-pyrrole nitrogens is 1. The molecule has 1 amide bonds. The smallest absolute Gasteiger partial charge is 0.330 e. The Morgan fingerprint density at radius 3 is 2.42 bits per heavy atom. The first-order valence-electron chi connectivity index (χ1n) is 10.6. The number of thioether (sulfide) groups is 1. The lowest BCUT2D eigenvalue weighted by molar-refractivity contribution is 0.102. The topological polar surface area (TPSA) is 105 Å². The van der Waals surface area contributed by atoms with E-state index in [-0.39, 0.29) is 24.7 Å². The maximum absolute atomic E-state index is 13.0. The molecule has 0 radical (unpaired) electrons. The number of ether oxygens (including phenoxy) is 1. The number of methoxy groups -OCH3 is 1. The minimum absolute atomic E-state index is 0.0994. The minimum atomic E-state index is -0.624. The summed E-state index contributed by atoms with van der Waals surface area (Å²) in [6.07, 6.45) is 0. The fraction of sp³-hybridized carbons (Fsp3) is 0.292. The highest BCUT2D eigenvalue weighted by atomic mass is 32.2. The van der Waals surface area contributed by atoms with E-state index in [9.17, 15) is 14.4 Å². The van der Waals surface area contributed by atoms with Crippen molar-refractivity contribution in [1.29, 1.82) is 0 Å². The Balaban J connectivity index is 1.93. The fourth-order valence-electron chi connectivity index (χ4n) is 3.18. The number of nitrogens with one attached hydrogen (secondary N) is 3. The van der Waals surface area contributed by atoms with E-state index in [0.717, 1.165) is 10.5 Å². The molecular formula is C24H28N4O4S. The third kappa shape index (κ3) is 6.59. The van der Waals surface area contributed by atoms with Gasteiger partial charge in [0.25, 0.3) is 11.5 Å². The van der Waals surface area contributed by atoms with E-state index in [1.807, 2.05) is 42.5 Å². The van der Waals surface area contributed by atoms with Crippen LogP contribution in [0.15, 0.2) is 69.1 Å². The molecule has 0 saturated heterocycles. The number of benzene rings is 2. The van der Waals surface area contributed by atoms with Gasteiger partial charge in [0.2, 0.25) is 0 Å². The lowest BCUT2D eigenvalue weighted by Gasteiger charge is -2.18. The summed E-state index contributed by atoms with van der Waals surface area (Å²) in [5.41, 5.74) is 0.241. The maximum atomic E-state index is 13.0. The monoisotopic (exact) mass is 468 g/mol. The molecule has 174 valence electrons. The second kappa shape index (κ2) is 11.5. The molecule has 9 heteroatoms. The first-order chi connectivity index (χ1) is 15.9. The van der Waals surface area contributed by atoms with Crippen molar-refractivity contribution >= 4 is 29.2 Å². The summed E-state index contributed by atoms with van der Waals surface area (Å²) in [5.74, 6) is -0.322. The molecule has 1 heterocycles. The summed E-state index contributed by atoms with van der Waals surface area (Å²) >= 11 is 1.70. The molecule has 0 aliphatic heterocycles. The molecular weight excluding hydrogens is 440 g/mol. The van der Waals surface area contributed by atoms with Crippen LogP contribution >= 0.6 is 11.8 Å². The van der Waals surface area contributed by atoms with Gasteiger partial charge < -0.3 is 15.4 Å². The molecule has 0 unspecified atom stereocenters. The third-order valence-electron chi connectivity index (χ3n) is 4.75. The van der Waals surface area contributed by atoms with Crippen LogP contribution in [-0.2, 0) is 17.8 Å². The Bertz CT molecular complexity index is 1190. The van der Waals surface area contributed by atoms with Crippen molar-refractivity contribution in [2.45, 2.75) is 37.1 Å². The van der Waals surface area contributed by atoms with Gasteiger partial charge in [-0.25, -0.2) is 4.79 Å². The highest BCUT2D eigenvalue weighted by molar-refractivity contribution is 7.99. The second-order valence-corrected chi connectivity index (χ2v) is 9.26. The molecule has 0 aliphatic carbocycles. The molecule has 2 aromatic carbocycles. The number of rotatable bonds is 10. The summed E-state index contributed by atoms with van der Waals surface area (Å²) < 4.78 is 6.39. The van der Waals surface area contributed by atoms with Gasteiger partial charge in [0.15, 0.2) is 0 Å². The summed E-state index contributed by atoms with van der Waals surface area (Å²) in [4.78, 5) is 41.6. The summed E-state index contributed by atoms with van der Waals surface area (Å²) in [7, 11) is 1.51. The number of carbonyl (C=O) groups excluding carboxylic acids is 1. The molecule has 3 rings (SSSR count). The Morgan fingerprint density at radius 1 is 1.09 bits per heavy atom. The summed E-state index contributed by atoms with van der Waals surface area (Å²) in [6.45, 7) is 4.93. The highest BCUT2D eigenvalue weighted by Crippen LogP contribution is 2.23. The molecule has 0 spiro atoms. The van der Waals surface area contributed by atoms with Gasteiger partial charge in [-0.05, 0) is 29.8 Å². The fourth-order valence-corrected chi connectivity index (χ4v) is 4.02. The van der Waals surface area contributed by atoms with Crippen molar-refractivity contribution < 1.29 is 9.53 Å². The predicted molar refractivity (Wildman–Crippen MR) is 132 cm³/mol. The number of anilines is 2. The van der Waals surface area contributed by atoms with Crippen LogP contribution in [0.2, 0.25) is 0 Å². The molecule has 0 aliphatic rings. The van der Waals surface area contributed by atoms with Crippen molar-refractivity contribution in [3.05, 3.63) is 86.6 Å². The van der Waals surface area contributed by atoms with Crippen LogP contribution in [0, 0.1) is 0 Å². The number of nitrogens with zero attached hydrogens (tertiary/aromatic N) is 1. The van der Waals surface area contributed by atoms with E-state index in [1.165, 1.54) is 11.7 Å². The van der Waals surface area contributed by atoms with Crippen molar-refractivity contribution in [2.24, 2.45) is 0 Å². The van der Waals surface area contributed by atoms with Gasteiger partial charge in [0.1, 0.15) is 11.5 Å². The summed E-state index contributed by atoms with van der Waals surface area (Å²) in [5, 5.41) is 6.25. The number of hydrogen-bond acceptors (Lipinski definition) is 6. The van der Waals surface area contributed by atoms with Crippen LogP contribution in [0.25, 0.3) is 0 Å². The number of aromatic nitrogens is 2. The number of carbonyl (C=O) groups is 1. The largest absolute Gasteiger partial charge is 0.383 e. The minimum Gasteiger partial charge on any atom is -0.383 e. The molecule has 8 nitrogen and oxygen atoms in total. The van der Waals surface area contributed by atoms with Crippen LogP contribution < -0.4 is 21.9 Å². The molecule has 0 bridgehead atoms. The SMILES string of the molecule is COCCn1c(NC(=O)c2ccc(SC(C)C)cc2)c(NCc2ccccc2)c(=O)[nH]c1=O. The van der Waals surface area contributed by atoms with Gasteiger partial charge in [-0.2, -0.15) is 0 Å². The zero-order chi connectivity index (χ0) is 23.8. The number of amides is 1. The quantitative estimate of drug-likeness (QED) is 0.393. The van der Waals surface area contributed by atoms with E-state index in [1.54, 1.807) is 23.9 Å². The first-order valence-corrected chi connectivity index (χ1v) is 11.5. The van der Waals surface area contributed by atoms with Crippen LogP contribution in [0.4, 0.5) is 11.5 Å². The van der Waals surface area contributed by atoms with Crippen LogP contribution in [0.5, 0.6) is 0 Å². The van der Waals surface area contributed by atoms with Gasteiger partial charge in [-0.3, -0.25) is 19.1 Å². The standard InChI is InChI=1S/C24H28N4O4S/c1-16(2)33-19-11-9-18(10-12-19)22(29)26-21-20(25-15-17-7-5-4-6-8-17)23(30)27-24(31)28(21)13-14-32-3/h4-12,16,25H,13-15H2,1-3H3,(H,26,29)(H,27,30,31). The van der Waals surface area contributed by atoms with Gasteiger partial charge in [0.05, 0.1) is 13.2 Å². The number of hydrogen-bond donors (Lipinski definition) is 3.